The van der Waals surface area contributed by atoms with E-state index in [1.54, 1.807) is 0 Å². The Morgan fingerprint density at radius 2 is 1.69 bits per heavy atom. The van der Waals surface area contributed by atoms with Gasteiger partial charge < -0.3 is 5.11 Å². The van der Waals surface area contributed by atoms with Crippen LogP contribution in [-0.2, 0) is 27.1 Å². The third-order valence-corrected chi connectivity index (χ3v) is 5.36. The van der Waals surface area contributed by atoms with Crippen LogP contribution < -0.4 is 16.8 Å². The fraction of sp³-hybridized carbons (Fsp3) is 0.273. The van der Waals surface area contributed by atoms with E-state index in [1.807, 2.05) is 50.3 Å². The molecular formula is C22H24KN5O4. The van der Waals surface area contributed by atoms with Gasteiger partial charge in [0.1, 0.15) is 0 Å². The van der Waals surface area contributed by atoms with Gasteiger partial charge in [-0.25, -0.2) is 9.20 Å². The van der Waals surface area contributed by atoms with E-state index in [4.69, 9.17) is 0 Å². The predicted octanol–water partition coefficient (Wildman–Crippen LogP) is 0.661. The number of aromatic hydroxyl groups is 1. The number of hydrogen-bond donors (Lipinski definition) is 1. The molecule has 0 atom stereocenters. The number of fused-ring (bicyclic) bond motifs is 3. The number of hydrogen-bond acceptors (Lipinski definition) is 5. The molecule has 0 aliphatic rings. The Bertz CT molecular complexity index is 1540. The monoisotopic (exact) mass is 461 g/mol. The molecule has 0 unspecified atom stereocenters. The summed E-state index contributed by atoms with van der Waals surface area (Å²) in [5.41, 5.74) is 0.604. The second-order valence-corrected chi connectivity index (χ2v) is 7.79. The van der Waals surface area contributed by atoms with Crippen molar-refractivity contribution in [2.45, 2.75) is 26.8 Å². The summed E-state index contributed by atoms with van der Waals surface area (Å²) < 4.78 is 4.89. The molecule has 0 bridgehead atoms. The van der Waals surface area contributed by atoms with Crippen molar-refractivity contribution in [3.05, 3.63) is 84.3 Å². The first-order valence-corrected chi connectivity index (χ1v) is 9.82. The van der Waals surface area contributed by atoms with E-state index < -0.39 is 16.8 Å². The normalized spacial score (nSPS) is 11.0. The van der Waals surface area contributed by atoms with Gasteiger partial charge in [-0.05, 0) is 19.4 Å². The van der Waals surface area contributed by atoms with Crippen LogP contribution >= 0.6 is 0 Å². The summed E-state index contributed by atoms with van der Waals surface area (Å²) in [6, 6.07) is 9.36. The molecule has 162 valence electrons. The molecule has 1 N–H and O–H groups in total. The minimum atomic E-state index is -0.598. The van der Waals surface area contributed by atoms with Crippen LogP contribution in [0.3, 0.4) is 0 Å². The zero-order valence-electron chi connectivity index (χ0n) is 17.8. The number of imidazole rings is 1. The Morgan fingerprint density at radius 1 is 1.03 bits per heavy atom. The Kier molecular flexibility index (Phi) is 7.11. The van der Waals surface area contributed by atoms with Crippen LogP contribution in [0, 0.1) is 0 Å². The zero-order valence-corrected chi connectivity index (χ0v) is 17.8. The Morgan fingerprint density at radius 3 is 2.31 bits per heavy atom. The quantitative estimate of drug-likeness (QED) is 0.355. The Balaban J connectivity index is 0.00000289. The fourth-order valence-electron chi connectivity index (χ4n) is 3.64. The fourth-order valence-corrected chi connectivity index (χ4v) is 3.64. The predicted molar refractivity (Wildman–Crippen MR) is 125 cm³/mol. The molecule has 0 saturated carbocycles. The second-order valence-electron chi connectivity index (χ2n) is 7.79. The van der Waals surface area contributed by atoms with Gasteiger partial charge in [-0.1, -0.05) is 42.0 Å². The molecule has 0 radical (unpaired) electrons. The maximum atomic E-state index is 13.4. The van der Waals surface area contributed by atoms with Crippen LogP contribution in [0.5, 0.6) is 5.88 Å². The number of nitrogens with zero attached hydrogens (tertiary/aromatic N) is 5. The van der Waals surface area contributed by atoms with E-state index >= 15 is 0 Å². The first-order valence-electron chi connectivity index (χ1n) is 9.82. The van der Waals surface area contributed by atoms with E-state index in [9.17, 15) is 19.5 Å². The Labute approximate surface area is 225 Å². The number of allylic oxidation sites excluding steroid dienone is 2. The van der Waals surface area contributed by atoms with Gasteiger partial charge >= 0.3 is 57.1 Å². The van der Waals surface area contributed by atoms with E-state index in [-0.39, 0.29) is 92.7 Å². The summed E-state index contributed by atoms with van der Waals surface area (Å²) in [4.78, 5) is 43.1. The summed E-state index contributed by atoms with van der Waals surface area (Å²) >= 11 is 0. The van der Waals surface area contributed by atoms with Gasteiger partial charge in [0.05, 0.1) is 12.1 Å². The van der Waals surface area contributed by atoms with Gasteiger partial charge in [-0.2, -0.15) is 4.98 Å². The van der Waals surface area contributed by atoms with Crippen LogP contribution in [0.1, 0.15) is 25.0 Å². The molecule has 3 aromatic heterocycles. The van der Waals surface area contributed by atoms with Gasteiger partial charge in [0.2, 0.25) is 11.7 Å². The van der Waals surface area contributed by atoms with Crippen molar-refractivity contribution >= 4 is 68.3 Å². The minimum absolute atomic E-state index is 0. The van der Waals surface area contributed by atoms with Crippen LogP contribution in [-0.4, -0.2) is 79.6 Å². The molecule has 10 heteroatoms. The van der Waals surface area contributed by atoms with Crippen LogP contribution in [0.4, 0.5) is 0 Å². The van der Waals surface area contributed by atoms with E-state index in [2.05, 4.69) is 4.98 Å². The number of rotatable bonds is 4. The van der Waals surface area contributed by atoms with Crippen molar-refractivity contribution in [2.75, 3.05) is 0 Å². The average Bonchev–Trinajstić information content (AvgIpc) is 3.15. The van der Waals surface area contributed by atoms with E-state index in [0.29, 0.717) is 0 Å². The molecule has 9 nitrogen and oxygen atoms in total. The molecule has 0 aliphatic carbocycles. The summed E-state index contributed by atoms with van der Waals surface area (Å²) in [6.07, 6.45) is 2.03. The van der Waals surface area contributed by atoms with E-state index in [1.165, 1.54) is 27.6 Å². The van der Waals surface area contributed by atoms with Crippen LogP contribution in [0.15, 0.2) is 56.4 Å². The van der Waals surface area contributed by atoms with Gasteiger partial charge in [-0.15, -0.1) is 0 Å². The van der Waals surface area contributed by atoms with Crippen molar-refractivity contribution in [1.82, 2.24) is 23.1 Å². The summed E-state index contributed by atoms with van der Waals surface area (Å²) in [5, 5.41) is 11.0. The molecule has 32 heavy (non-hydrogen) atoms. The van der Waals surface area contributed by atoms with Crippen molar-refractivity contribution in [1.29, 1.82) is 0 Å². The number of benzene rings is 1. The molecule has 0 saturated heterocycles. The van der Waals surface area contributed by atoms with Gasteiger partial charge in [0.25, 0.3) is 11.1 Å². The average molecular weight is 462 g/mol. The molecule has 0 amide bonds. The molecule has 4 rings (SSSR count). The zero-order chi connectivity index (χ0) is 22.4. The molecule has 0 spiro atoms. The first kappa shape index (κ1) is 24.4. The molecule has 3 heterocycles. The summed E-state index contributed by atoms with van der Waals surface area (Å²) in [6.45, 7) is 4.00. The summed E-state index contributed by atoms with van der Waals surface area (Å²) in [5.74, 6) is -0.249. The van der Waals surface area contributed by atoms with Crippen molar-refractivity contribution < 1.29 is 5.11 Å². The summed E-state index contributed by atoms with van der Waals surface area (Å²) in [7, 11) is 2.86. The third kappa shape index (κ3) is 3.97. The van der Waals surface area contributed by atoms with Crippen molar-refractivity contribution in [3.63, 3.8) is 0 Å². The SMILES string of the molecule is CC(C)=CCc1c(O)n2c3c(=O)n(C)c(=O)n(C)c3nc2n(Cc2ccccc2)c1=O.[KH]. The number of aryl methyl sites for hydroxylation is 1. The Hall–Kier alpha value is -2.24. The number of aromatic nitrogens is 5. The van der Waals surface area contributed by atoms with E-state index in [0.717, 1.165) is 15.7 Å². The van der Waals surface area contributed by atoms with Gasteiger partial charge in [0.15, 0.2) is 11.2 Å². The van der Waals surface area contributed by atoms with Gasteiger partial charge in [0, 0.05) is 20.5 Å². The van der Waals surface area contributed by atoms with Crippen molar-refractivity contribution in [3.8, 4) is 5.88 Å². The maximum absolute atomic E-state index is 13.4. The molecule has 0 fully saturated rings. The molecule has 4 aromatic rings. The topological polar surface area (TPSA) is 104 Å². The standard InChI is InChI=1S/C22H23N5O4.K.H/c1-13(2)10-11-15-18(28)26(12-14-8-6-5-7-9-14)21-23-17-16(27(21)19(15)29)20(30)25(4)22(31)24(17)3;;/h5-10,29H,11-12H2,1-4H3;;. The first-order chi connectivity index (χ1) is 14.7. The molecule has 1 aromatic carbocycles. The molecular weight excluding hydrogens is 437 g/mol. The second kappa shape index (κ2) is 9.32. The van der Waals surface area contributed by atoms with Gasteiger partial charge in [-0.3, -0.25) is 23.3 Å². The molecule has 0 aliphatic heterocycles. The van der Waals surface area contributed by atoms with Crippen molar-refractivity contribution in [2.24, 2.45) is 14.1 Å². The van der Waals surface area contributed by atoms with Crippen LogP contribution in [0.2, 0.25) is 0 Å². The van der Waals surface area contributed by atoms with Crippen LogP contribution in [0.25, 0.3) is 16.9 Å². The third-order valence-electron chi connectivity index (χ3n) is 5.36.